The van der Waals surface area contributed by atoms with Crippen molar-refractivity contribution in [2.45, 2.75) is 32.1 Å². The molecule has 27 heavy (non-hydrogen) atoms. The molecule has 1 heterocycles. The second-order valence-electron chi connectivity index (χ2n) is 8.47. The first-order chi connectivity index (χ1) is 13.1. The molecule has 1 aromatic rings. The summed E-state index contributed by atoms with van der Waals surface area (Å²) in [7, 11) is 0. The number of halogens is 1. The Morgan fingerprint density at radius 2 is 1.93 bits per heavy atom. The third-order valence-corrected chi connectivity index (χ3v) is 7.03. The van der Waals surface area contributed by atoms with E-state index in [2.05, 4.69) is 5.32 Å². The van der Waals surface area contributed by atoms with Crippen LogP contribution in [0.15, 0.2) is 24.3 Å². The molecule has 0 spiro atoms. The lowest BCUT2D eigenvalue weighted by Gasteiger charge is -2.33. The smallest absolute Gasteiger partial charge is 0.279 e. The van der Waals surface area contributed by atoms with Crippen LogP contribution in [0.4, 0.5) is 5.69 Å². The minimum Gasteiger partial charge on any atom is -0.331 e. The van der Waals surface area contributed by atoms with E-state index in [1.54, 1.807) is 6.07 Å². The van der Waals surface area contributed by atoms with Crippen molar-refractivity contribution >= 4 is 29.1 Å². The summed E-state index contributed by atoms with van der Waals surface area (Å²) in [5, 5.41) is 3.44. The average Bonchev–Trinajstić information content (AvgIpc) is 3.27. The van der Waals surface area contributed by atoms with Crippen LogP contribution in [0.5, 0.6) is 0 Å². The highest BCUT2D eigenvalue weighted by molar-refractivity contribution is 6.33. The molecule has 2 N–H and O–H groups in total. The zero-order valence-electron chi connectivity index (χ0n) is 15.8. The van der Waals surface area contributed by atoms with Crippen molar-refractivity contribution in [3.63, 3.8) is 0 Å². The summed E-state index contributed by atoms with van der Waals surface area (Å²) in [4.78, 5) is 28.2. The standard InChI is InChI=1S/C21H28ClN3O2/c22-18-3-1-2-4-19(18)23-20(26)14-24-7-9-25(10-8-24)21(27)13-17-12-15-5-6-16(17)11-15/h1-4,15-17H,5-14H2,(H,23,26)/p+1/t15-,16-,17+/m1/s1. The summed E-state index contributed by atoms with van der Waals surface area (Å²) in [5.74, 6) is 2.63. The molecule has 2 aliphatic carbocycles. The van der Waals surface area contributed by atoms with Gasteiger partial charge in [0.25, 0.3) is 5.91 Å². The molecule has 3 aliphatic rings. The lowest BCUT2D eigenvalue weighted by Crippen LogP contribution is -3.15. The van der Waals surface area contributed by atoms with Crippen LogP contribution in [0.1, 0.15) is 32.1 Å². The number of benzene rings is 1. The second-order valence-corrected chi connectivity index (χ2v) is 8.88. The van der Waals surface area contributed by atoms with E-state index in [1.807, 2.05) is 23.1 Å². The van der Waals surface area contributed by atoms with E-state index in [4.69, 9.17) is 11.6 Å². The van der Waals surface area contributed by atoms with E-state index in [0.29, 0.717) is 29.1 Å². The molecule has 0 radical (unpaired) electrons. The first kappa shape index (κ1) is 18.8. The third-order valence-electron chi connectivity index (χ3n) is 6.70. The summed E-state index contributed by atoms with van der Waals surface area (Å²) in [5.41, 5.74) is 0.656. The fraction of sp³-hybridized carbons (Fsp3) is 0.619. The van der Waals surface area contributed by atoms with E-state index in [9.17, 15) is 9.59 Å². The van der Waals surface area contributed by atoms with Gasteiger partial charge in [0, 0.05) is 6.42 Å². The Morgan fingerprint density at radius 1 is 1.15 bits per heavy atom. The van der Waals surface area contributed by atoms with Gasteiger partial charge in [0.2, 0.25) is 5.91 Å². The molecule has 2 bridgehead atoms. The normalized spacial score (nSPS) is 27.7. The largest absolute Gasteiger partial charge is 0.331 e. The Balaban J connectivity index is 1.20. The predicted molar refractivity (Wildman–Crippen MR) is 106 cm³/mol. The number of anilines is 1. The highest BCUT2D eigenvalue weighted by atomic mass is 35.5. The van der Waals surface area contributed by atoms with Crippen molar-refractivity contribution in [2.24, 2.45) is 17.8 Å². The van der Waals surface area contributed by atoms with Crippen molar-refractivity contribution in [3.8, 4) is 0 Å². The Bertz CT molecular complexity index is 702. The Morgan fingerprint density at radius 3 is 2.59 bits per heavy atom. The Labute approximate surface area is 166 Å². The minimum absolute atomic E-state index is 0.0279. The zero-order valence-corrected chi connectivity index (χ0v) is 16.5. The van der Waals surface area contributed by atoms with Crippen LogP contribution in [0, 0.1) is 17.8 Å². The SMILES string of the molecule is O=C(C[NH+]1CCN(C(=O)C[C@@H]2C[C@@H]3CC[C@@H]2C3)CC1)Nc1ccccc1Cl. The van der Waals surface area contributed by atoms with Crippen LogP contribution in [0.25, 0.3) is 0 Å². The van der Waals surface area contributed by atoms with E-state index in [1.165, 1.54) is 30.6 Å². The molecule has 146 valence electrons. The average molecular weight is 391 g/mol. The second kappa shape index (κ2) is 8.19. The fourth-order valence-corrected chi connectivity index (χ4v) is 5.40. The van der Waals surface area contributed by atoms with Crippen LogP contribution >= 0.6 is 11.6 Å². The third kappa shape index (κ3) is 4.46. The van der Waals surface area contributed by atoms with Gasteiger partial charge in [0.15, 0.2) is 6.54 Å². The molecule has 2 amide bonds. The highest BCUT2D eigenvalue weighted by Crippen LogP contribution is 2.49. The zero-order chi connectivity index (χ0) is 18.8. The van der Waals surface area contributed by atoms with Gasteiger partial charge in [-0.25, -0.2) is 0 Å². The summed E-state index contributed by atoms with van der Waals surface area (Å²) in [6.07, 6.45) is 6.08. The number of nitrogens with zero attached hydrogens (tertiary/aromatic N) is 1. The quantitative estimate of drug-likeness (QED) is 0.806. The molecule has 3 fully saturated rings. The van der Waals surface area contributed by atoms with Gasteiger partial charge >= 0.3 is 0 Å². The molecule has 4 rings (SSSR count). The first-order valence-corrected chi connectivity index (χ1v) is 10.6. The maximum atomic E-state index is 12.7. The van der Waals surface area contributed by atoms with E-state index in [0.717, 1.165) is 44.4 Å². The number of quaternary nitrogens is 1. The number of amides is 2. The van der Waals surface area contributed by atoms with Crippen LogP contribution in [-0.4, -0.2) is 49.4 Å². The number of carbonyl (C=O) groups excluding carboxylic acids is 2. The number of nitrogens with one attached hydrogen (secondary N) is 2. The number of carbonyl (C=O) groups is 2. The summed E-state index contributed by atoms with van der Waals surface area (Å²) < 4.78 is 0. The number of hydrogen-bond donors (Lipinski definition) is 2. The lowest BCUT2D eigenvalue weighted by molar-refractivity contribution is -0.895. The number of rotatable bonds is 5. The van der Waals surface area contributed by atoms with Gasteiger partial charge in [-0.2, -0.15) is 0 Å². The van der Waals surface area contributed by atoms with Crippen LogP contribution in [0.3, 0.4) is 0 Å². The molecule has 5 nitrogen and oxygen atoms in total. The van der Waals surface area contributed by atoms with Gasteiger partial charge in [-0.05, 0) is 49.1 Å². The van der Waals surface area contributed by atoms with Gasteiger partial charge in [-0.1, -0.05) is 30.2 Å². The molecular weight excluding hydrogens is 362 g/mol. The van der Waals surface area contributed by atoms with Gasteiger partial charge < -0.3 is 15.1 Å². The van der Waals surface area contributed by atoms with Crippen LogP contribution in [-0.2, 0) is 9.59 Å². The monoisotopic (exact) mass is 390 g/mol. The van der Waals surface area contributed by atoms with Crippen molar-refractivity contribution in [3.05, 3.63) is 29.3 Å². The maximum absolute atomic E-state index is 12.7. The number of hydrogen-bond acceptors (Lipinski definition) is 2. The van der Waals surface area contributed by atoms with E-state index in [-0.39, 0.29) is 5.91 Å². The van der Waals surface area contributed by atoms with E-state index >= 15 is 0 Å². The molecule has 3 atom stereocenters. The van der Waals surface area contributed by atoms with Crippen LogP contribution in [0.2, 0.25) is 5.02 Å². The van der Waals surface area contributed by atoms with Crippen molar-refractivity contribution in [2.75, 3.05) is 38.0 Å². The number of piperazine rings is 1. The van der Waals surface area contributed by atoms with Crippen molar-refractivity contribution in [1.29, 1.82) is 0 Å². The molecule has 1 saturated heterocycles. The number of fused-ring (bicyclic) bond motifs is 2. The fourth-order valence-electron chi connectivity index (χ4n) is 5.21. The molecule has 0 aromatic heterocycles. The Kier molecular flexibility index (Phi) is 5.69. The minimum atomic E-state index is -0.0279. The lowest BCUT2D eigenvalue weighted by atomic mass is 9.86. The molecule has 0 unspecified atom stereocenters. The molecule has 6 heteroatoms. The molecule has 2 saturated carbocycles. The molecule has 1 aromatic carbocycles. The van der Waals surface area contributed by atoms with Crippen molar-refractivity contribution < 1.29 is 14.5 Å². The maximum Gasteiger partial charge on any atom is 0.279 e. The molecule has 1 aliphatic heterocycles. The van der Waals surface area contributed by atoms with Gasteiger partial charge in [-0.15, -0.1) is 0 Å². The predicted octanol–water partition coefficient (Wildman–Crippen LogP) is 1.83. The topological polar surface area (TPSA) is 53.9 Å². The molecular formula is C21H29ClN3O2+. The summed E-state index contributed by atoms with van der Waals surface area (Å²) >= 11 is 6.09. The van der Waals surface area contributed by atoms with Gasteiger partial charge in [0.05, 0.1) is 36.9 Å². The number of para-hydroxylation sites is 1. The van der Waals surface area contributed by atoms with Gasteiger partial charge in [-0.3, -0.25) is 9.59 Å². The van der Waals surface area contributed by atoms with Crippen LogP contribution < -0.4 is 10.2 Å². The summed E-state index contributed by atoms with van der Waals surface area (Å²) in [6.45, 7) is 3.60. The van der Waals surface area contributed by atoms with Gasteiger partial charge in [0.1, 0.15) is 0 Å². The highest BCUT2D eigenvalue weighted by Gasteiger charge is 2.41. The Hall–Kier alpha value is -1.59. The van der Waals surface area contributed by atoms with E-state index < -0.39 is 0 Å². The first-order valence-electron chi connectivity index (χ1n) is 10.2. The summed E-state index contributed by atoms with van der Waals surface area (Å²) in [6, 6.07) is 7.28. The van der Waals surface area contributed by atoms with Crippen molar-refractivity contribution in [1.82, 2.24) is 4.90 Å².